The van der Waals surface area contributed by atoms with Crippen molar-refractivity contribution in [2.45, 2.75) is 52.9 Å². The molecule has 1 unspecified atom stereocenters. The van der Waals surface area contributed by atoms with E-state index in [1.54, 1.807) is 0 Å². The Labute approximate surface area is 118 Å². The molecule has 2 saturated heterocycles. The zero-order chi connectivity index (χ0) is 13.9. The Bertz CT molecular complexity index is 302. The van der Waals surface area contributed by atoms with Gasteiger partial charge in [0.15, 0.2) is 0 Å². The number of piperidine rings is 1. The number of hydrogen-bond donors (Lipinski definition) is 1. The third-order valence-corrected chi connectivity index (χ3v) is 4.95. The molecule has 0 aliphatic carbocycles. The van der Waals surface area contributed by atoms with Crippen LogP contribution in [0, 0.1) is 17.3 Å². The first-order chi connectivity index (χ1) is 8.98. The number of nitrogens with zero attached hydrogens (tertiary/aromatic N) is 1. The van der Waals surface area contributed by atoms with Gasteiger partial charge < -0.3 is 10.2 Å². The summed E-state index contributed by atoms with van der Waals surface area (Å²) in [5, 5.41) is 3.34. The zero-order valence-corrected chi connectivity index (χ0v) is 12.9. The molecule has 1 atom stereocenters. The van der Waals surface area contributed by atoms with Crippen LogP contribution in [0.25, 0.3) is 0 Å². The predicted octanol–water partition coefficient (Wildman–Crippen LogP) is 2.66. The minimum Gasteiger partial charge on any atom is -0.342 e. The summed E-state index contributed by atoms with van der Waals surface area (Å²) in [6, 6.07) is 0. The molecule has 0 spiro atoms. The molecule has 2 heterocycles. The van der Waals surface area contributed by atoms with E-state index < -0.39 is 0 Å². The number of hydrogen-bond acceptors (Lipinski definition) is 2. The monoisotopic (exact) mass is 266 g/mol. The first kappa shape index (κ1) is 14.8. The quantitative estimate of drug-likeness (QED) is 0.791. The summed E-state index contributed by atoms with van der Waals surface area (Å²) in [6.45, 7) is 11.0. The van der Waals surface area contributed by atoms with Crippen molar-refractivity contribution in [3.05, 3.63) is 0 Å². The molecule has 110 valence electrons. The minimum absolute atomic E-state index is 0.285. The van der Waals surface area contributed by atoms with Crippen molar-refractivity contribution in [3.8, 4) is 0 Å². The van der Waals surface area contributed by atoms with Gasteiger partial charge in [-0.3, -0.25) is 4.79 Å². The van der Waals surface area contributed by atoms with Crippen LogP contribution in [-0.2, 0) is 4.79 Å². The molecule has 0 aromatic rings. The molecule has 1 N–H and O–H groups in total. The van der Waals surface area contributed by atoms with Crippen LogP contribution in [-0.4, -0.2) is 37.0 Å². The SMILES string of the molecule is CC(C)(C)C1CCCN(C(=O)C2CCNCC2)CC1. The molecule has 0 aromatic heterocycles. The standard InChI is InChI=1S/C16H30N2O/c1-16(2,3)14-5-4-11-18(12-8-14)15(19)13-6-9-17-10-7-13/h13-14,17H,4-12H2,1-3H3. The van der Waals surface area contributed by atoms with E-state index >= 15 is 0 Å². The van der Waals surface area contributed by atoms with E-state index in [4.69, 9.17) is 0 Å². The first-order valence-electron chi connectivity index (χ1n) is 7.98. The first-order valence-corrected chi connectivity index (χ1v) is 7.98. The van der Waals surface area contributed by atoms with Crippen molar-refractivity contribution in [2.75, 3.05) is 26.2 Å². The summed E-state index contributed by atoms with van der Waals surface area (Å²) >= 11 is 0. The fourth-order valence-corrected chi connectivity index (χ4v) is 3.51. The minimum atomic E-state index is 0.285. The molecule has 3 nitrogen and oxygen atoms in total. The van der Waals surface area contributed by atoms with Gasteiger partial charge in [0.05, 0.1) is 0 Å². The maximum Gasteiger partial charge on any atom is 0.225 e. The Kier molecular flexibility index (Phi) is 4.88. The Morgan fingerprint density at radius 1 is 1.05 bits per heavy atom. The molecule has 2 rings (SSSR count). The maximum absolute atomic E-state index is 12.6. The van der Waals surface area contributed by atoms with Crippen LogP contribution in [0.3, 0.4) is 0 Å². The average molecular weight is 266 g/mol. The average Bonchev–Trinajstić information content (AvgIpc) is 2.64. The van der Waals surface area contributed by atoms with E-state index in [9.17, 15) is 4.79 Å². The third kappa shape index (κ3) is 3.95. The highest BCUT2D eigenvalue weighted by Gasteiger charge is 2.31. The van der Waals surface area contributed by atoms with Crippen molar-refractivity contribution in [1.82, 2.24) is 10.2 Å². The van der Waals surface area contributed by atoms with Crippen LogP contribution < -0.4 is 5.32 Å². The second-order valence-corrected chi connectivity index (χ2v) is 7.34. The molecular weight excluding hydrogens is 236 g/mol. The topological polar surface area (TPSA) is 32.3 Å². The van der Waals surface area contributed by atoms with Gasteiger partial charge in [-0.25, -0.2) is 0 Å². The summed E-state index contributed by atoms with van der Waals surface area (Å²) in [4.78, 5) is 14.7. The van der Waals surface area contributed by atoms with E-state index in [1.165, 1.54) is 19.3 Å². The van der Waals surface area contributed by atoms with Crippen LogP contribution in [0.4, 0.5) is 0 Å². The number of amides is 1. The molecular formula is C16H30N2O. The summed E-state index contributed by atoms with van der Waals surface area (Å²) in [7, 11) is 0. The van der Waals surface area contributed by atoms with Crippen LogP contribution in [0.15, 0.2) is 0 Å². The highest BCUT2D eigenvalue weighted by atomic mass is 16.2. The van der Waals surface area contributed by atoms with Gasteiger partial charge in [-0.1, -0.05) is 20.8 Å². The van der Waals surface area contributed by atoms with Gasteiger partial charge in [0.2, 0.25) is 5.91 Å². The van der Waals surface area contributed by atoms with Gasteiger partial charge in [-0.05, 0) is 56.5 Å². The Balaban J connectivity index is 1.89. The highest BCUT2D eigenvalue weighted by molar-refractivity contribution is 5.79. The normalized spacial score (nSPS) is 27.1. The highest BCUT2D eigenvalue weighted by Crippen LogP contribution is 2.34. The van der Waals surface area contributed by atoms with Crippen LogP contribution >= 0.6 is 0 Å². The smallest absolute Gasteiger partial charge is 0.225 e. The van der Waals surface area contributed by atoms with Crippen LogP contribution in [0.2, 0.25) is 0 Å². The lowest BCUT2D eigenvalue weighted by molar-refractivity contribution is -0.136. The second kappa shape index (κ2) is 6.25. The summed E-state index contributed by atoms with van der Waals surface area (Å²) in [6.07, 6.45) is 5.69. The number of likely N-dealkylation sites (tertiary alicyclic amines) is 1. The third-order valence-electron chi connectivity index (χ3n) is 4.95. The number of nitrogens with one attached hydrogen (secondary N) is 1. The van der Waals surface area contributed by atoms with E-state index in [1.807, 2.05) is 0 Å². The van der Waals surface area contributed by atoms with Gasteiger partial charge >= 0.3 is 0 Å². The van der Waals surface area contributed by atoms with E-state index in [0.29, 0.717) is 11.3 Å². The van der Waals surface area contributed by atoms with Gasteiger partial charge in [-0.2, -0.15) is 0 Å². The number of carbonyl (C=O) groups excluding carboxylic acids is 1. The van der Waals surface area contributed by atoms with Crippen molar-refractivity contribution in [2.24, 2.45) is 17.3 Å². The summed E-state index contributed by atoms with van der Waals surface area (Å²) in [5.74, 6) is 1.47. The van der Waals surface area contributed by atoms with Crippen LogP contribution in [0.1, 0.15) is 52.9 Å². The van der Waals surface area contributed by atoms with E-state index in [2.05, 4.69) is 31.0 Å². The van der Waals surface area contributed by atoms with Crippen molar-refractivity contribution in [1.29, 1.82) is 0 Å². The molecule has 19 heavy (non-hydrogen) atoms. The Hall–Kier alpha value is -0.570. The lowest BCUT2D eigenvalue weighted by Gasteiger charge is -2.31. The molecule has 3 heteroatoms. The number of carbonyl (C=O) groups is 1. The molecule has 0 bridgehead atoms. The fourth-order valence-electron chi connectivity index (χ4n) is 3.51. The van der Waals surface area contributed by atoms with Crippen molar-refractivity contribution >= 4 is 5.91 Å². The molecule has 1 amide bonds. The summed E-state index contributed by atoms with van der Waals surface area (Å²) < 4.78 is 0. The number of rotatable bonds is 1. The lowest BCUT2D eigenvalue weighted by Crippen LogP contribution is -2.41. The second-order valence-electron chi connectivity index (χ2n) is 7.34. The molecule has 0 radical (unpaired) electrons. The lowest BCUT2D eigenvalue weighted by atomic mass is 9.77. The fraction of sp³-hybridized carbons (Fsp3) is 0.938. The van der Waals surface area contributed by atoms with Gasteiger partial charge in [-0.15, -0.1) is 0 Å². The Morgan fingerprint density at radius 2 is 1.74 bits per heavy atom. The molecule has 2 aliphatic rings. The predicted molar refractivity (Wildman–Crippen MR) is 79.0 cm³/mol. The van der Waals surface area contributed by atoms with Crippen molar-refractivity contribution in [3.63, 3.8) is 0 Å². The van der Waals surface area contributed by atoms with Gasteiger partial charge in [0, 0.05) is 19.0 Å². The van der Waals surface area contributed by atoms with E-state index in [-0.39, 0.29) is 5.92 Å². The van der Waals surface area contributed by atoms with E-state index in [0.717, 1.165) is 44.9 Å². The molecule has 2 aliphatic heterocycles. The summed E-state index contributed by atoms with van der Waals surface area (Å²) in [5.41, 5.74) is 0.383. The maximum atomic E-state index is 12.6. The van der Waals surface area contributed by atoms with Gasteiger partial charge in [0.25, 0.3) is 0 Å². The molecule has 0 aromatic carbocycles. The van der Waals surface area contributed by atoms with Crippen molar-refractivity contribution < 1.29 is 4.79 Å². The largest absolute Gasteiger partial charge is 0.342 e. The molecule has 0 saturated carbocycles. The molecule has 2 fully saturated rings. The Morgan fingerprint density at radius 3 is 2.37 bits per heavy atom. The van der Waals surface area contributed by atoms with Gasteiger partial charge in [0.1, 0.15) is 0 Å². The van der Waals surface area contributed by atoms with Crippen LogP contribution in [0.5, 0.6) is 0 Å². The zero-order valence-electron chi connectivity index (χ0n) is 12.9.